The van der Waals surface area contributed by atoms with Crippen molar-refractivity contribution in [2.45, 2.75) is 109 Å². The lowest BCUT2D eigenvalue weighted by Crippen LogP contribution is -2.65. The lowest BCUT2D eigenvalue weighted by Gasteiger charge is -2.58. The number of carbonyl (C=O) groups excluding carboxylic acids is 2. The van der Waals surface area contributed by atoms with Gasteiger partial charge in [0.1, 0.15) is 29.0 Å². The molecule has 3 fully saturated rings. The number of anilines is 1. The number of nitrogens with zero attached hydrogens (tertiary/aromatic N) is 7. The molecule has 3 aromatic rings. The smallest absolute Gasteiger partial charge is 0.410 e. The second kappa shape index (κ2) is 13.5. The average molecular weight is 758 g/mol. The van der Waals surface area contributed by atoms with Gasteiger partial charge in [-0.25, -0.2) is 18.0 Å². The van der Waals surface area contributed by atoms with Crippen molar-refractivity contribution >= 4 is 29.4 Å². The van der Waals surface area contributed by atoms with E-state index in [2.05, 4.69) is 20.2 Å². The van der Waals surface area contributed by atoms with Gasteiger partial charge in [-0.1, -0.05) is 0 Å². The number of benzene rings is 1. The van der Waals surface area contributed by atoms with Crippen LogP contribution in [-0.2, 0) is 11.2 Å². The molecule has 1 spiro atoms. The predicted molar refractivity (Wildman–Crippen MR) is 188 cm³/mol. The summed E-state index contributed by atoms with van der Waals surface area (Å²) in [5.41, 5.74) is 1.01. The highest BCUT2D eigenvalue weighted by molar-refractivity contribution is 6.28. The topological polar surface area (TPSA) is 123 Å². The molecular weight excluding hydrogens is 715 g/mol. The number of hydrogen-bond acceptors (Lipinski definition) is 10. The van der Waals surface area contributed by atoms with Crippen LogP contribution in [0.5, 0.6) is 17.4 Å². The van der Waals surface area contributed by atoms with E-state index in [0.29, 0.717) is 37.6 Å². The van der Waals surface area contributed by atoms with Crippen molar-refractivity contribution in [1.82, 2.24) is 30.0 Å². The van der Waals surface area contributed by atoms with Gasteiger partial charge < -0.3 is 28.9 Å². The Morgan fingerprint density at radius 2 is 1.77 bits per heavy atom. The molecule has 1 unspecified atom stereocenters. The Labute approximate surface area is 311 Å². The van der Waals surface area contributed by atoms with Crippen LogP contribution >= 0.6 is 11.6 Å². The number of carbonyl (C=O) groups is 2. The minimum atomic E-state index is -2.85. The fraction of sp³-hybridized carbons (Fsp3) is 0.568. The minimum Gasteiger partial charge on any atom is -0.490 e. The van der Waals surface area contributed by atoms with Crippen LogP contribution < -0.4 is 14.4 Å². The van der Waals surface area contributed by atoms with Crippen molar-refractivity contribution in [2.24, 2.45) is 5.41 Å². The molecule has 2 aliphatic heterocycles. The SMILES string of the molecule is CC1c2c(OC3CC4(C3)CN(c3nc(Cl)nnc3Oc3ccc(F)cc3C(=O)N(C(C)C)C3CC(F)(F)C3)C4)ccnc2CCN1C(=O)OC(C)(C)C. The van der Waals surface area contributed by atoms with Gasteiger partial charge in [-0.3, -0.25) is 9.78 Å². The molecule has 284 valence electrons. The molecule has 0 radical (unpaired) electrons. The summed E-state index contributed by atoms with van der Waals surface area (Å²) < 4.78 is 60.4. The van der Waals surface area contributed by atoms with E-state index < -0.39 is 48.2 Å². The van der Waals surface area contributed by atoms with E-state index in [1.807, 2.05) is 38.7 Å². The molecule has 0 N–H and O–H groups in total. The highest BCUT2D eigenvalue weighted by atomic mass is 35.5. The summed E-state index contributed by atoms with van der Waals surface area (Å²) in [4.78, 5) is 40.7. The van der Waals surface area contributed by atoms with Gasteiger partial charge in [0.15, 0.2) is 5.82 Å². The van der Waals surface area contributed by atoms with Gasteiger partial charge in [-0.2, -0.15) is 4.98 Å². The third-order valence-electron chi connectivity index (χ3n) is 10.3. The van der Waals surface area contributed by atoms with Crippen LogP contribution in [0.15, 0.2) is 30.5 Å². The molecule has 7 rings (SSSR count). The maximum atomic E-state index is 14.5. The van der Waals surface area contributed by atoms with E-state index in [0.717, 1.165) is 36.2 Å². The normalized spacial score (nSPS) is 20.6. The minimum absolute atomic E-state index is 0.0136. The molecule has 2 saturated carbocycles. The molecule has 1 atom stereocenters. The number of fused-ring (bicyclic) bond motifs is 1. The highest BCUT2D eigenvalue weighted by Gasteiger charge is 2.55. The Kier molecular flexibility index (Phi) is 9.39. The molecule has 12 nitrogen and oxygen atoms in total. The third-order valence-corrected chi connectivity index (χ3v) is 10.5. The number of pyridine rings is 1. The van der Waals surface area contributed by atoms with Crippen molar-refractivity contribution in [2.75, 3.05) is 24.5 Å². The molecule has 2 aliphatic carbocycles. The Hall–Kier alpha value is -4.40. The Morgan fingerprint density at radius 1 is 1.06 bits per heavy atom. The van der Waals surface area contributed by atoms with Gasteiger partial charge in [0.25, 0.3) is 17.7 Å². The molecule has 2 amide bonds. The number of aromatic nitrogens is 4. The van der Waals surface area contributed by atoms with Crippen LogP contribution in [0.3, 0.4) is 0 Å². The Balaban J connectivity index is 1.03. The quantitative estimate of drug-likeness (QED) is 0.230. The van der Waals surface area contributed by atoms with Crippen LogP contribution in [0.1, 0.15) is 94.9 Å². The first-order chi connectivity index (χ1) is 24.9. The monoisotopic (exact) mass is 757 g/mol. The molecule has 4 heterocycles. The van der Waals surface area contributed by atoms with Crippen molar-refractivity contribution in [3.05, 3.63) is 58.4 Å². The maximum Gasteiger partial charge on any atom is 0.410 e. The van der Waals surface area contributed by atoms with Crippen molar-refractivity contribution in [3.63, 3.8) is 0 Å². The van der Waals surface area contributed by atoms with Crippen molar-refractivity contribution in [1.29, 1.82) is 0 Å². The maximum absolute atomic E-state index is 14.5. The van der Waals surface area contributed by atoms with Gasteiger partial charge in [-0.05, 0) is 90.3 Å². The summed E-state index contributed by atoms with van der Waals surface area (Å²) in [6, 6.07) is 3.94. The molecule has 2 aromatic heterocycles. The molecule has 0 bridgehead atoms. The number of rotatable bonds is 8. The van der Waals surface area contributed by atoms with Gasteiger partial charge >= 0.3 is 6.09 Å². The predicted octanol–water partition coefficient (Wildman–Crippen LogP) is 7.40. The summed E-state index contributed by atoms with van der Waals surface area (Å²) in [5.74, 6) is -3.19. The zero-order chi connectivity index (χ0) is 38.0. The van der Waals surface area contributed by atoms with E-state index in [4.69, 9.17) is 25.8 Å². The Morgan fingerprint density at radius 3 is 2.43 bits per heavy atom. The van der Waals surface area contributed by atoms with Crippen molar-refractivity contribution < 1.29 is 37.0 Å². The molecule has 16 heteroatoms. The number of alkyl halides is 2. The highest BCUT2D eigenvalue weighted by Crippen LogP contribution is 2.52. The summed E-state index contributed by atoms with van der Waals surface area (Å²) >= 11 is 6.17. The zero-order valence-electron chi connectivity index (χ0n) is 30.5. The molecule has 1 saturated heterocycles. The van der Waals surface area contributed by atoms with Crippen LogP contribution in [0.2, 0.25) is 5.28 Å². The fourth-order valence-corrected chi connectivity index (χ4v) is 8.06. The standard InChI is InChI=1S/C37H43ClF3N7O5/c1-20(2)48(23-14-37(40,41)15-23)32(49)25-13-22(39)7-8-27(25)52-31-30(43-33(38)45-44-31)46-18-36(19-46)16-24(17-36)51-28-9-11-42-26-10-12-47(21(3)29(26)28)34(50)53-35(4,5)6/h7-9,11,13,20-21,23-24H,10,12,14-19H2,1-6H3. The van der Waals surface area contributed by atoms with E-state index >= 15 is 0 Å². The second-order valence-corrected chi connectivity index (χ2v) is 16.3. The van der Waals surface area contributed by atoms with Gasteiger partial charge in [0, 0.05) is 68.2 Å². The van der Waals surface area contributed by atoms with E-state index in [-0.39, 0.29) is 46.1 Å². The average Bonchev–Trinajstić information content (AvgIpc) is 3.01. The van der Waals surface area contributed by atoms with E-state index in [1.165, 1.54) is 11.0 Å². The summed E-state index contributed by atoms with van der Waals surface area (Å²) in [5, 5.41) is 7.86. The molecule has 53 heavy (non-hydrogen) atoms. The molecule has 4 aliphatic rings. The largest absolute Gasteiger partial charge is 0.490 e. The van der Waals surface area contributed by atoms with Gasteiger partial charge in [-0.15, -0.1) is 10.2 Å². The summed E-state index contributed by atoms with van der Waals surface area (Å²) in [7, 11) is 0. The third kappa shape index (κ3) is 7.41. The zero-order valence-corrected chi connectivity index (χ0v) is 31.3. The lowest BCUT2D eigenvalue weighted by atomic mass is 9.61. The van der Waals surface area contributed by atoms with Crippen molar-refractivity contribution in [3.8, 4) is 17.4 Å². The fourth-order valence-electron chi connectivity index (χ4n) is 7.94. The first-order valence-corrected chi connectivity index (χ1v) is 18.3. The Bertz CT molecular complexity index is 1910. The first kappa shape index (κ1) is 36.9. The first-order valence-electron chi connectivity index (χ1n) is 17.9. The second-order valence-electron chi connectivity index (χ2n) is 15.9. The summed E-state index contributed by atoms with van der Waals surface area (Å²) in [6.07, 6.45) is 2.54. The molecule has 1 aromatic carbocycles. The van der Waals surface area contributed by atoms with Crippen LogP contribution in [0.4, 0.5) is 23.8 Å². The molecular formula is C37H43ClF3N7O5. The van der Waals surface area contributed by atoms with E-state index in [1.54, 1.807) is 24.9 Å². The van der Waals surface area contributed by atoms with Gasteiger partial charge in [0.05, 0.1) is 17.3 Å². The van der Waals surface area contributed by atoms with Crippen LogP contribution in [0, 0.1) is 11.2 Å². The number of ether oxygens (including phenoxy) is 3. The van der Waals surface area contributed by atoms with Crippen LogP contribution in [0.25, 0.3) is 0 Å². The summed E-state index contributed by atoms with van der Waals surface area (Å²) in [6.45, 7) is 12.7. The number of halogens is 4. The van der Waals surface area contributed by atoms with Gasteiger partial charge in [0.2, 0.25) is 5.28 Å². The number of hydrogen-bond donors (Lipinski definition) is 0. The van der Waals surface area contributed by atoms with E-state index in [9.17, 15) is 22.8 Å². The lowest BCUT2D eigenvalue weighted by molar-refractivity contribution is -0.120. The van der Waals surface area contributed by atoms with Crippen LogP contribution in [-0.4, -0.2) is 91.3 Å². The number of amides is 2.